The number of hydrogen-bond acceptors (Lipinski definition) is 2. The van der Waals surface area contributed by atoms with Gasteiger partial charge in [-0.15, -0.1) is 0 Å². The Morgan fingerprint density at radius 2 is 0.710 bits per heavy atom. The molecule has 0 aromatic rings. The van der Waals surface area contributed by atoms with Gasteiger partial charge >= 0.3 is 0 Å². The highest BCUT2D eigenvalue weighted by Crippen LogP contribution is 2.46. The van der Waals surface area contributed by atoms with E-state index in [2.05, 4.69) is 55.4 Å². The third kappa shape index (κ3) is 8.65. The molecule has 2 saturated carbocycles. The van der Waals surface area contributed by atoms with Crippen LogP contribution in [0.25, 0.3) is 0 Å². The summed E-state index contributed by atoms with van der Waals surface area (Å²) < 4.78 is 0. The maximum absolute atomic E-state index is 6.87. The molecule has 0 aromatic carbocycles. The first-order valence-electron chi connectivity index (χ1n) is 14.0. The van der Waals surface area contributed by atoms with Crippen molar-refractivity contribution < 1.29 is 0 Å². The molecule has 2 aliphatic carbocycles. The van der Waals surface area contributed by atoms with Gasteiger partial charge in [0.25, 0.3) is 0 Å². The SMILES string of the molecule is CC(C)CC1CC(CC2CC(CC(C)C)C(N)C(CC(C)C)C2)CC(CC(C)C)C1N. The average molecular weight is 435 g/mol. The van der Waals surface area contributed by atoms with Gasteiger partial charge < -0.3 is 11.5 Å². The standard InChI is InChI=1S/C29H58N2/c1-18(2)9-24-14-22(15-25(28(24)30)10-19(3)4)13-23-16-26(11-20(5)6)29(31)27(17-23)12-21(7)8/h18-29H,9-17,30-31H2,1-8H3. The van der Waals surface area contributed by atoms with E-state index in [1.807, 2.05) is 0 Å². The molecule has 31 heavy (non-hydrogen) atoms. The van der Waals surface area contributed by atoms with Gasteiger partial charge in [-0.2, -0.15) is 0 Å². The minimum atomic E-state index is 0.420. The van der Waals surface area contributed by atoms with Gasteiger partial charge in [0, 0.05) is 12.1 Å². The van der Waals surface area contributed by atoms with Crippen LogP contribution in [0.1, 0.15) is 113 Å². The van der Waals surface area contributed by atoms with Crippen LogP contribution < -0.4 is 11.5 Å². The van der Waals surface area contributed by atoms with Crippen molar-refractivity contribution in [3.05, 3.63) is 0 Å². The summed E-state index contributed by atoms with van der Waals surface area (Å²) in [5, 5.41) is 0. The maximum Gasteiger partial charge on any atom is 0.00960 e. The molecule has 0 spiro atoms. The molecule has 0 aliphatic heterocycles. The molecule has 4 unspecified atom stereocenters. The Morgan fingerprint density at radius 3 is 0.903 bits per heavy atom. The van der Waals surface area contributed by atoms with E-state index in [9.17, 15) is 0 Å². The van der Waals surface area contributed by atoms with Crippen LogP contribution in [0.4, 0.5) is 0 Å². The normalized spacial score (nSPS) is 37.4. The Bertz CT molecular complexity index is 413. The largest absolute Gasteiger partial charge is 0.327 e. The molecule has 2 fully saturated rings. The summed E-state index contributed by atoms with van der Waals surface area (Å²) in [5.41, 5.74) is 13.7. The maximum atomic E-state index is 6.87. The van der Waals surface area contributed by atoms with Gasteiger partial charge in [0.1, 0.15) is 0 Å². The van der Waals surface area contributed by atoms with Crippen molar-refractivity contribution in [1.29, 1.82) is 0 Å². The lowest BCUT2D eigenvalue weighted by molar-refractivity contribution is 0.0754. The van der Waals surface area contributed by atoms with E-state index in [-0.39, 0.29) is 0 Å². The Labute approximate surface area is 196 Å². The second-order valence-corrected chi connectivity index (χ2v) is 13.6. The van der Waals surface area contributed by atoms with Crippen molar-refractivity contribution in [2.24, 2.45) is 70.6 Å². The molecule has 4 N–H and O–H groups in total. The summed E-state index contributed by atoms with van der Waals surface area (Å²) >= 11 is 0. The molecule has 0 heterocycles. The molecule has 0 bridgehead atoms. The van der Waals surface area contributed by atoms with E-state index in [0.29, 0.717) is 12.1 Å². The van der Waals surface area contributed by atoms with Gasteiger partial charge in [0.05, 0.1) is 0 Å². The average Bonchev–Trinajstić information content (AvgIpc) is 2.61. The predicted octanol–water partition coefficient (Wildman–Crippen LogP) is 7.50. The van der Waals surface area contributed by atoms with Gasteiger partial charge in [-0.3, -0.25) is 0 Å². The first kappa shape index (κ1) is 27.2. The topological polar surface area (TPSA) is 52.0 Å². The van der Waals surface area contributed by atoms with Crippen LogP contribution in [0.5, 0.6) is 0 Å². The summed E-state index contributed by atoms with van der Waals surface area (Å²) in [4.78, 5) is 0. The van der Waals surface area contributed by atoms with Crippen molar-refractivity contribution in [1.82, 2.24) is 0 Å². The summed E-state index contributed by atoms with van der Waals surface area (Å²) in [7, 11) is 0. The zero-order valence-corrected chi connectivity index (χ0v) is 22.4. The van der Waals surface area contributed by atoms with Crippen molar-refractivity contribution in [3.63, 3.8) is 0 Å². The Kier molecular flexibility index (Phi) is 10.9. The first-order chi connectivity index (χ1) is 14.5. The second kappa shape index (κ2) is 12.4. The summed E-state index contributed by atoms with van der Waals surface area (Å²) in [6, 6.07) is 0.839. The molecule has 4 atom stereocenters. The fourth-order valence-electron chi connectivity index (χ4n) is 7.60. The highest BCUT2D eigenvalue weighted by molar-refractivity contribution is 4.94. The van der Waals surface area contributed by atoms with E-state index in [4.69, 9.17) is 11.5 Å². The van der Waals surface area contributed by atoms with E-state index in [1.54, 1.807) is 0 Å². The molecule has 0 aromatic heterocycles. The van der Waals surface area contributed by atoms with Crippen molar-refractivity contribution in [2.45, 2.75) is 125 Å². The predicted molar refractivity (Wildman–Crippen MR) is 138 cm³/mol. The van der Waals surface area contributed by atoms with Crippen LogP contribution in [0.3, 0.4) is 0 Å². The van der Waals surface area contributed by atoms with E-state index in [0.717, 1.165) is 59.2 Å². The molecule has 0 amide bonds. The van der Waals surface area contributed by atoms with E-state index >= 15 is 0 Å². The second-order valence-electron chi connectivity index (χ2n) is 13.6. The van der Waals surface area contributed by atoms with Crippen LogP contribution in [0, 0.1) is 59.2 Å². The Morgan fingerprint density at radius 1 is 0.484 bits per heavy atom. The molecule has 2 nitrogen and oxygen atoms in total. The fourth-order valence-corrected chi connectivity index (χ4v) is 7.60. The molecule has 0 radical (unpaired) electrons. The van der Waals surface area contributed by atoms with Gasteiger partial charge in [-0.1, -0.05) is 55.4 Å². The van der Waals surface area contributed by atoms with Crippen molar-refractivity contribution in [2.75, 3.05) is 0 Å². The third-order valence-corrected chi connectivity index (χ3v) is 8.48. The van der Waals surface area contributed by atoms with Crippen molar-refractivity contribution in [3.8, 4) is 0 Å². The summed E-state index contributed by atoms with van der Waals surface area (Å²) in [6.45, 7) is 19.0. The van der Waals surface area contributed by atoms with Crippen LogP contribution >= 0.6 is 0 Å². The van der Waals surface area contributed by atoms with Gasteiger partial charge in [0.15, 0.2) is 0 Å². The third-order valence-electron chi connectivity index (χ3n) is 8.48. The minimum absolute atomic E-state index is 0.420. The highest BCUT2D eigenvalue weighted by atomic mass is 14.7. The fraction of sp³-hybridized carbons (Fsp3) is 1.00. The lowest BCUT2D eigenvalue weighted by Gasteiger charge is -2.46. The molecule has 0 saturated heterocycles. The number of nitrogens with two attached hydrogens (primary N) is 2. The van der Waals surface area contributed by atoms with Gasteiger partial charge in [0.2, 0.25) is 0 Å². The van der Waals surface area contributed by atoms with Gasteiger partial charge in [-0.25, -0.2) is 0 Å². The van der Waals surface area contributed by atoms with E-state index < -0.39 is 0 Å². The van der Waals surface area contributed by atoms with Crippen molar-refractivity contribution >= 4 is 0 Å². The summed E-state index contributed by atoms with van der Waals surface area (Å²) in [6.07, 6.45) is 12.2. The molecule has 2 aliphatic rings. The quantitative estimate of drug-likeness (QED) is 0.374. The summed E-state index contributed by atoms with van der Waals surface area (Å²) in [5.74, 6) is 7.70. The molecular weight excluding hydrogens is 376 g/mol. The highest BCUT2D eigenvalue weighted by Gasteiger charge is 2.40. The molecule has 2 rings (SSSR count). The molecule has 2 heteroatoms. The zero-order chi connectivity index (χ0) is 23.3. The minimum Gasteiger partial charge on any atom is -0.327 e. The monoisotopic (exact) mass is 434 g/mol. The molecular formula is C29H58N2. The first-order valence-corrected chi connectivity index (χ1v) is 14.0. The van der Waals surface area contributed by atoms with E-state index in [1.165, 1.54) is 57.8 Å². The number of rotatable bonds is 10. The Balaban J connectivity index is 2.10. The number of hydrogen-bond donors (Lipinski definition) is 2. The van der Waals surface area contributed by atoms with Crippen LogP contribution in [-0.4, -0.2) is 12.1 Å². The Hall–Kier alpha value is -0.0800. The zero-order valence-electron chi connectivity index (χ0n) is 22.4. The smallest absolute Gasteiger partial charge is 0.00960 e. The van der Waals surface area contributed by atoms with Crippen LogP contribution in [0.15, 0.2) is 0 Å². The lowest BCUT2D eigenvalue weighted by Crippen LogP contribution is -2.46. The molecule has 184 valence electrons. The lowest BCUT2D eigenvalue weighted by atomic mass is 9.62. The van der Waals surface area contributed by atoms with Gasteiger partial charge in [-0.05, 0) is 117 Å². The van der Waals surface area contributed by atoms with Crippen LogP contribution in [-0.2, 0) is 0 Å². The van der Waals surface area contributed by atoms with Crippen LogP contribution in [0.2, 0.25) is 0 Å².